The highest BCUT2D eigenvalue weighted by atomic mass is 35.5. The van der Waals surface area contributed by atoms with E-state index in [9.17, 15) is 9.59 Å². The van der Waals surface area contributed by atoms with E-state index in [1.165, 1.54) is 0 Å². The topological polar surface area (TPSA) is 90.9 Å². The first-order valence-corrected chi connectivity index (χ1v) is 13.9. The third-order valence-corrected chi connectivity index (χ3v) is 7.23. The number of piperazine rings is 1. The molecule has 9 nitrogen and oxygen atoms in total. The van der Waals surface area contributed by atoms with E-state index in [1.807, 2.05) is 36.6 Å². The molecule has 2 fully saturated rings. The van der Waals surface area contributed by atoms with Crippen LogP contribution >= 0.6 is 34.8 Å². The Morgan fingerprint density at radius 3 is 2.45 bits per heavy atom. The van der Waals surface area contributed by atoms with Gasteiger partial charge in [0.1, 0.15) is 22.6 Å². The number of anilines is 2. The SMILES string of the molecule is CC(C)(C)OC(=O)N1CCCC[C@@H]1C(=O)N1CCN(c2nc(Cl)cc(NCc3ccc(Cl)cc3Cl)n2)CC1. The van der Waals surface area contributed by atoms with Crippen molar-refractivity contribution in [1.29, 1.82) is 0 Å². The van der Waals surface area contributed by atoms with Gasteiger partial charge in [0.2, 0.25) is 11.9 Å². The molecule has 2 aliphatic heterocycles. The molecule has 2 aliphatic rings. The van der Waals surface area contributed by atoms with E-state index in [4.69, 9.17) is 39.5 Å². The summed E-state index contributed by atoms with van der Waals surface area (Å²) in [5.74, 6) is 1.02. The van der Waals surface area contributed by atoms with Gasteiger partial charge in [-0.05, 0) is 57.7 Å². The molecule has 1 aromatic heterocycles. The van der Waals surface area contributed by atoms with Gasteiger partial charge in [-0.25, -0.2) is 9.78 Å². The summed E-state index contributed by atoms with van der Waals surface area (Å²) in [6, 6.07) is 6.49. The van der Waals surface area contributed by atoms with Crippen molar-refractivity contribution in [2.75, 3.05) is 42.9 Å². The second-order valence-electron chi connectivity index (χ2n) is 10.5. The van der Waals surface area contributed by atoms with Gasteiger partial charge in [-0.2, -0.15) is 4.98 Å². The lowest BCUT2D eigenvalue weighted by molar-refractivity contribution is -0.138. The first-order chi connectivity index (χ1) is 18.0. The minimum atomic E-state index is -0.612. The summed E-state index contributed by atoms with van der Waals surface area (Å²) in [5, 5.41) is 4.69. The zero-order valence-electron chi connectivity index (χ0n) is 21.8. The predicted octanol–water partition coefficient (Wildman–Crippen LogP) is 5.49. The molecule has 2 saturated heterocycles. The van der Waals surface area contributed by atoms with Crippen molar-refractivity contribution in [3.63, 3.8) is 0 Å². The van der Waals surface area contributed by atoms with Crippen molar-refractivity contribution in [2.24, 2.45) is 0 Å². The number of likely N-dealkylation sites (tertiary alicyclic amines) is 1. The van der Waals surface area contributed by atoms with Gasteiger partial charge in [-0.1, -0.05) is 40.9 Å². The smallest absolute Gasteiger partial charge is 0.410 e. The average molecular weight is 584 g/mol. The summed E-state index contributed by atoms with van der Waals surface area (Å²) in [6.07, 6.45) is 1.98. The summed E-state index contributed by atoms with van der Waals surface area (Å²) in [7, 11) is 0. The van der Waals surface area contributed by atoms with Crippen LogP contribution < -0.4 is 10.2 Å². The third kappa shape index (κ3) is 7.33. The van der Waals surface area contributed by atoms with E-state index in [1.54, 1.807) is 23.1 Å². The van der Waals surface area contributed by atoms with Crippen LogP contribution in [0.4, 0.5) is 16.6 Å². The molecular formula is C26H33Cl3N6O3. The Labute approximate surface area is 238 Å². The summed E-state index contributed by atoms with van der Waals surface area (Å²) in [5.41, 5.74) is 0.266. The molecule has 3 heterocycles. The fourth-order valence-corrected chi connectivity index (χ4v) is 5.21. The molecule has 0 bridgehead atoms. The molecule has 12 heteroatoms. The summed E-state index contributed by atoms with van der Waals surface area (Å²) < 4.78 is 5.56. The fourth-order valence-electron chi connectivity index (χ4n) is 4.55. The van der Waals surface area contributed by atoms with Crippen LogP contribution in [0, 0.1) is 0 Å². The van der Waals surface area contributed by atoms with Crippen molar-refractivity contribution in [3.8, 4) is 0 Å². The summed E-state index contributed by atoms with van der Waals surface area (Å²) in [6.45, 7) is 8.55. The number of nitrogens with one attached hydrogen (secondary N) is 1. The Kier molecular flexibility index (Phi) is 9.11. The standard InChI is InChI=1S/C26H33Cl3N6O3/c1-26(2,3)38-25(37)35-9-5-4-6-20(35)23(36)33-10-12-34(13-11-33)24-31-21(29)15-22(32-24)30-16-17-7-8-18(27)14-19(17)28/h7-8,14-15,20H,4-6,9-13,16H2,1-3H3,(H,30,31,32)/t20-/m1/s1. The first kappa shape index (κ1) is 28.5. The van der Waals surface area contributed by atoms with E-state index in [0.717, 1.165) is 18.4 Å². The molecule has 1 atom stereocenters. The molecule has 38 heavy (non-hydrogen) atoms. The quantitative estimate of drug-likeness (QED) is 0.466. The molecule has 0 radical (unpaired) electrons. The molecule has 2 aromatic rings. The molecule has 1 N–H and O–H groups in total. The second-order valence-corrected chi connectivity index (χ2v) is 11.7. The van der Waals surface area contributed by atoms with E-state index in [2.05, 4.69) is 15.3 Å². The van der Waals surface area contributed by atoms with Gasteiger partial charge >= 0.3 is 6.09 Å². The number of benzene rings is 1. The van der Waals surface area contributed by atoms with Crippen LogP contribution in [-0.4, -0.2) is 76.1 Å². The third-order valence-electron chi connectivity index (χ3n) is 6.45. The highest BCUT2D eigenvalue weighted by molar-refractivity contribution is 6.35. The van der Waals surface area contributed by atoms with Crippen LogP contribution in [0.25, 0.3) is 0 Å². The van der Waals surface area contributed by atoms with Crippen molar-refractivity contribution >= 4 is 58.6 Å². The Morgan fingerprint density at radius 2 is 1.76 bits per heavy atom. The van der Waals surface area contributed by atoms with Crippen molar-refractivity contribution in [1.82, 2.24) is 19.8 Å². The van der Waals surface area contributed by atoms with Crippen molar-refractivity contribution < 1.29 is 14.3 Å². The summed E-state index contributed by atoms with van der Waals surface area (Å²) in [4.78, 5) is 40.6. The number of halogens is 3. The number of hydrogen-bond acceptors (Lipinski definition) is 7. The maximum atomic E-state index is 13.4. The number of ether oxygens (including phenoxy) is 1. The molecule has 0 unspecified atom stereocenters. The lowest BCUT2D eigenvalue weighted by atomic mass is 10.0. The van der Waals surface area contributed by atoms with Gasteiger partial charge in [-0.15, -0.1) is 0 Å². The van der Waals surface area contributed by atoms with Gasteiger partial charge in [0.15, 0.2) is 0 Å². The molecule has 206 valence electrons. The Balaban J connectivity index is 1.37. The molecule has 4 rings (SSSR count). The van der Waals surface area contributed by atoms with Gasteiger partial charge in [0, 0.05) is 55.4 Å². The number of aromatic nitrogens is 2. The molecule has 0 aliphatic carbocycles. The number of carbonyl (C=O) groups excluding carboxylic acids is 2. The highest BCUT2D eigenvalue weighted by Gasteiger charge is 2.38. The van der Waals surface area contributed by atoms with E-state index >= 15 is 0 Å². The number of hydrogen-bond donors (Lipinski definition) is 1. The normalized spacial score (nSPS) is 18.4. The predicted molar refractivity (Wildman–Crippen MR) is 150 cm³/mol. The minimum Gasteiger partial charge on any atom is -0.444 e. The summed E-state index contributed by atoms with van der Waals surface area (Å²) >= 11 is 18.6. The van der Waals surface area contributed by atoms with E-state index in [0.29, 0.717) is 72.7 Å². The zero-order chi connectivity index (χ0) is 27.4. The fraction of sp³-hybridized carbons (Fsp3) is 0.538. The van der Waals surface area contributed by atoms with Crippen LogP contribution in [-0.2, 0) is 16.1 Å². The van der Waals surface area contributed by atoms with Crippen LogP contribution in [0.2, 0.25) is 15.2 Å². The maximum Gasteiger partial charge on any atom is 0.410 e. The molecule has 0 saturated carbocycles. The molecular weight excluding hydrogens is 551 g/mol. The van der Waals surface area contributed by atoms with Crippen molar-refractivity contribution in [2.45, 2.75) is 58.2 Å². The molecule has 2 amide bonds. The Morgan fingerprint density at radius 1 is 1.03 bits per heavy atom. The minimum absolute atomic E-state index is 0.0376. The lowest BCUT2D eigenvalue weighted by Gasteiger charge is -2.41. The Hall–Kier alpha value is -2.49. The van der Waals surface area contributed by atoms with Crippen LogP contribution in [0.5, 0.6) is 0 Å². The highest BCUT2D eigenvalue weighted by Crippen LogP contribution is 2.25. The number of nitrogens with zero attached hydrogens (tertiary/aromatic N) is 5. The second kappa shape index (κ2) is 12.1. The van der Waals surface area contributed by atoms with Crippen molar-refractivity contribution in [3.05, 3.63) is 45.0 Å². The monoisotopic (exact) mass is 582 g/mol. The van der Waals surface area contributed by atoms with Gasteiger partial charge in [0.05, 0.1) is 0 Å². The Bertz CT molecular complexity index is 1170. The number of amides is 2. The van der Waals surface area contributed by atoms with Gasteiger partial charge in [0.25, 0.3) is 0 Å². The number of rotatable bonds is 5. The number of carbonyl (C=O) groups is 2. The van der Waals surface area contributed by atoms with Gasteiger partial charge in [-0.3, -0.25) is 9.69 Å². The van der Waals surface area contributed by atoms with E-state index in [-0.39, 0.29) is 5.91 Å². The van der Waals surface area contributed by atoms with E-state index < -0.39 is 17.7 Å². The van der Waals surface area contributed by atoms with Crippen LogP contribution in [0.15, 0.2) is 24.3 Å². The maximum absolute atomic E-state index is 13.4. The lowest BCUT2D eigenvalue weighted by Crippen LogP contribution is -2.57. The van der Waals surface area contributed by atoms with Crippen LogP contribution in [0.3, 0.4) is 0 Å². The van der Waals surface area contributed by atoms with Crippen LogP contribution in [0.1, 0.15) is 45.6 Å². The molecule has 1 aromatic carbocycles. The average Bonchev–Trinajstić information content (AvgIpc) is 2.86. The molecule has 0 spiro atoms. The largest absolute Gasteiger partial charge is 0.444 e. The van der Waals surface area contributed by atoms with Gasteiger partial charge < -0.3 is 19.9 Å². The first-order valence-electron chi connectivity index (χ1n) is 12.8. The zero-order valence-corrected chi connectivity index (χ0v) is 24.1. The number of piperidine rings is 1.